The SMILES string of the molecule is CCC/C=C\c1cc2c(cc1CC)C=CC(=O)C2. The Kier molecular flexibility index (Phi) is 4.14. The zero-order valence-corrected chi connectivity index (χ0v) is 11.2. The Labute approximate surface area is 109 Å². The molecule has 0 spiro atoms. The van der Waals surface area contributed by atoms with E-state index in [1.165, 1.54) is 23.1 Å². The molecule has 1 heteroatoms. The molecule has 0 heterocycles. The van der Waals surface area contributed by atoms with E-state index >= 15 is 0 Å². The van der Waals surface area contributed by atoms with Crippen LogP contribution in [0.3, 0.4) is 0 Å². The van der Waals surface area contributed by atoms with Crippen molar-refractivity contribution < 1.29 is 4.79 Å². The van der Waals surface area contributed by atoms with Gasteiger partial charge in [-0.15, -0.1) is 0 Å². The van der Waals surface area contributed by atoms with Gasteiger partial charge in [-0.2, -0.15) is 0 Å². The van der Waals surface area contributed by atoms with Crippen molar-refractivity contribution in [2.24, 2.45) is 0 Å². The molecule has 0 saturated carbocycles. The predicted octanol–water partition coefficient (Wildman–Crippen LogP) is 4.20. The van der Waals surface area contributed by atoms with Crippen LogP contribution in [0.25, 0.3) is 12.2 Å². The van der Waals surface area contributed by atoms with E-state index in [-0.39, 0.29) is 5.78 Å². The average Bonchev–Trinajstić information content (AvgIpc) is 2.38. The van der Waals surface area contributed by atoms with E-state index in [0.717, 1.165) is 18.4 Å². The summed E-state index contributed by atoms with van der Waals surface area (Å²) < 4.78 is 0. The topological polar surface area (TPSA) is 17.1 Å². The van der Waals surface area contributed by atoms with Crippen LogP contribution in [0.15, 0.2) is 24.3 Å². The molecule has 94 valence electrons. The van der Waals surface area contributed by atoms with Crippen LogP contribution < -0.4 is 0 Å². The van der Waals surface area contributed by atoms with E-state index in [0.29, 0.717) is 6.42 Å². The molecule has 0 saturated heterocycles. The lowest BCUT2D eigenvalue weighted by Crippen LogP contribution is -2.06. The highest BCUT2D eigenvalue weighted by molar-refractivity contribution is 5.98. The smallest absolute Gasteiger partial charge is 0.160 e. The van der Waals surface area contributed by atoms with Crippen LogP contribution in [0.5, 0.6) is 0 Å². The number of ketones is 1. The van der Waals surface area contributed by atoms with Gasteiger partial charge in [0.15, 0.2) is 5.78 Å². The molecule has 0 amide bonds. The fourth-order valence-corrected chi connectivity index (χ4v) is 2.30. The summed E-state index contributed by atoms with van der Waals surface area (Å²) in [6, 6.07) is 4.41. The molecular weight excluding hydrogens is 220 g/mol. The maximum Gasteiger partial charge on any atom is 0.160 e. The molecule has 0 unspecified atom stereocenters. The van der Waals surface area contributed by atoms with Gasteiger partial charge < -0.3 is 0 Å². The number of unbranched alkanes of at least 4 members (excludes halogenated alkanes) is 1. The van der Waals surface area contributed by atoms with Crippen LogP contribution >= 0.6 is 0 Å². The van der Waals surface area contributed by atoms with Gasteiger partial charge in [0.05, 0.1) is 0 Å². The number of benzene rings is 1. The summed E-state index contributed by atoms with van der Waals surface area (Å²) in [6.07, 6.45) is 11.9. The summed E-state index contributed by atoms with van der Waals surface area (Å²) >= 11 is 0. The Morgan fingerprint density at radius 1 is 1.22 bits per heavy atom. The standard InChI is InChI=1S/C17H20O/c1-3-5-6-7-14-11-16-12-17(18)9-8-15(16)10-13(14)4-2/h6-11H,3-5,12H2,1-2H3/b7-6-. The molecule has 1 aromatic carbocycles. The number of rotatable bonds is 4. The maximum absolute atomic E-state index is 11.4. The van der Waals surface area contributed by atoms with Crippen molar-refractivity contribution in [3.05, 3.63) is 46.5 Å². The third-order valence-corrected chi connectivity index (χ3v) is 3.35. The highest BCUT2D eigenvalue weighted by Gasteiger charge is 2.12. The second-order valence-corrected chi connectivity index (χ2v) is 4.77. The normalized spacial score (nSPS) is 14.2. The first-order valence-electron chi connectivity index (χ1n) is 6.77. The van der Waals surface area contributed by atoms with Crippen LogP contribution in [0, 0.1) is 0 Å². The molecule has 0 fully saturated rings. The molecule has 0 radical (unpaired) electrons. The molecule has 0 atom stereocenters. The minimum absolute atomic E-state index is 0.204. The summed E-state index contributed by atoms with van der Waals surface area (Å²) in [4.78, 5) is 11.4. The molecule has 0 aliphatic heterocycles. The van der Waals surface area contributed by atoms with Gasteiger partial charge in [0.2, 0.25) is 0 Å². The van der Waals surface area contributed by atoms with Gasteiger partial charge in [-0.05, 0) is 41.2 Å². The average molecular weight is 240 g/mol. The summed E-state index contributed by atoms with van der Waals surface area (Å²) in [5.74, 6) is 0.204. The predicted molar refractivity (Wildman–Crippen MR) is 77.5 cm³/mol. The molecule has 18 heavy (non-hydrogen) atoms. The number of allylic oxidation sites excluding steroid dienone is 2. The maximum atomic E-state index is 11.4. The number of hydrogen-bond donors (Lipinski definition) is 0. The molecule has 0 aromatic heterocycles. The quantitative estimate of drug-likeness (QED) is 0.770. The lowest BCUT2D eigenvalue weighted by atomic mass is 9.90. The van der Waals surface area contributed by atoms with E-state index in [1.54, 1.807) is 6.08 Å². The summed E-state index contributed by atoms with van der Waals surface area (Å²) in [5.41, 5.74) is 5.00. The number of aryl methyl sites for hydroxylation is 1. The van der Waals surface area contributed by atoms with Crippen molar-refractivity contribution in [3.8, 4) is 0 Å². The van der Waals surface area contributed by atoms with Gasteiger partial charge in [0.1, 0.15) is 0 Å². The Morgan fingerprint density at radius 3 is 2.78 bits per heavy atom. The van der Waals surface area contributed by atoms with Crippen molar-refractivity contribution in [2.45, 2.75) is 39.5 Å². The summed E-state index contributed by atoms with van der Waals surface area (Å²) in [7, 11) is 0. The van der Waals surface area contributed by atoms with E-state index in [4.69, 9.17) is 0 Å². The van der Waals surface area contributed by atoms with E-state index in [1.807, 2.05) is 6.08 Å². The minimum atomic E-state index is 0.204. The Bertz CT molecular complexity index is 507. The summed E-state index contributed by atoms with van der Waals surface area (Å²) in [6.45, 7) is 4.36. The Hall–Kier alpha value is -1.63. The van der Waals surface area contributed by atoms with Gasteiger partial charge in [0.25, 0.3) is 0 Å². The molecule has 0 bridgehead atoms. The second-order valence-electron chi connectivity index (χ2n) is 4.77. The highest BCUT2D eigenvalue weighted by atomic mass is 16.1. The first kappa shape index (κ1) is 12.8. The zero-order valence-electron chi connectivity index (χ0n) is 11.2. The molecule has 1 aliphatic rings. The van der Waals surface area contributed by atoms with Crippen molar-refractivity contribution >= 4 is 17.9 Å². The number of hydrogen-bond acceptors (Lipinski definition) is 1. The van der Waals surface area contributed by atoms with Crippen molar-refractivity contribution in [2.75, 3.05) is 0 Å². The van der Waals surface area contributed by atoms with Crippen LogP contribution in [0.4, 0.5) is 0 Å². The fourth-order valence-electron chi connectivity index (χ4n) is 2.30. The van der Waals surface area contributed by atoms with Gasteiger partial charge in [-0.1, -0.05) is 50.6 Å². The number of carbonyl (C=O) groups excluding carboxylic acids is 1. The van der Waals surface area contributed by atoms with E-state index in [2.05, 4.69) is 38.1 Å². The number of carbonyl (C=O) groups is 1. The van der Waals surface area contributed by atoms with Crippen LogP contribution in [-0.4, -0.2) is 5.78 Å². The van der Waals surface area contributed by atoms with Gasteiger partial charge >= 0.3 is 0 Å². The van der Waals surface area contributed by atoms with E-state index in [9.17, 15) is 4.79 Å². The second kappa shape index (κ2) is 5.81. The molecule has 2 rings (SSSR count). The van der Waals surface area contributed by atoms with Gasteiger partial charge in [-0.3, -0.25) is 4.79 Å². The van der Waals surface area contributed by atoms with Crippen LogP contribution in [0.1, 0.15) is 48.9 Å². The third-order valence-electron chi connectivity index (χ3n) is 3.35. The number of fused-ring (bicyclic) bond motifs is 1. The molecular formula is C17H20O. The first-order valence-corrected chi connectivity index (χ1v) is 6.77. The van der Waals surface area contributed by atoms with E-state index < -0.39 is 0 Å². The Morgan fingerprint density at radius 2 is 2.06 bits per heavy atom. The lowest BCUT2D eigenvalue weighted by molar-refractivity contribution is -0.114. The Balaban J connectivity index is 2.38. The minimum Gasteiger partial charge on any atom is -0.294 e. The molecule has 1 nitrogen and oxygen atoms in total. The van der Waals surface area contributed by atoms with Crippen LogP contribution in [-0.2, 0) is 17.6 Å². The monoisotopic (exact) mass is 240 g/mol. The fraction of sp³-hybridized carbons (Fsp3) is 0.353. The van der Waals surface area contributed by atoms with Gasteiger partial charge in [0, 0.05) is 6.42 Å². The molecule has 1 aromatic rings. The van der Waals surface area contributed by atoms with Crippen LogP contribution in [0.2, 0.25) is 0 Å². The van der Waals surface area contributed by atoms with Crippen molar-refractivity contribution in [1.82, 2.24) is 0 Å². The zero-order chi connectivity index (χ0) is 13.0. The third kappa shape index (κ3) is 2.79. The summed E-state index contributed by atoms with van der Waals surface area (Å²) in [5, 5.41) is 0. The van der Waals surface area contributed by atoms with Crippen molar-refractivity contribution in [1.29, 1.82) is 0 Å². The van der Waals surface area contributed by atoms with Crippen molar-refractivity contribution in [3.63, 3.8) is 0 Å². The highest BCUT2D eigenvalue weighted by Crippen LogP contribution is 2.24. The lowest BCUT2D eigenvalue weighted by Gasteiger charge is -2.14. The molecule has 1 aliphatic carbocycles. The first-order chi connectivity index (χ1) is 8.74. The molecule has 0 N–H and O–H groups in total. The van der Waals surface area contributed by atoms with Gasteiger partial charge in [-0.25, -0.2) is 0 Å². The largest absolute Gasteiger partial charge is 0.294 e.